The van der Waals surface area contributed by atoms with Gasteiger partial charge >= 0.3 is 0 Å². The predicted octanol–water partition coefficient (Wildman–Crippen LogP) is 3.31. The first-order valence-corrected chi connectivity index (χ1v) is 8.56. The Bertz CT molecular complexity index is 858. The highest BCUT2D eigenvalue weighted by Gasteiger charge is 2.08. The van der Waals surface area contributed by atoms with Crippen molar-refractivity contribution in [2.45, 2.75) is 11.3 Å². The largest absolute Gasteiger partial charge is 0.396 e. The lowest BCUT2D eigenvalue weighted by atomic mass is 10.1. The molecule has 0 radical (unpaired) electrons. The van der Waals surface area contributed by atoms with Gasteiger partial charge in [0.2, 0.25) is 0 Å². The van der Waals surface area contributed by atoms with Crippen molar-refractivity contribution in [1.29, 1.82) is 0 Å². The van der Waals surface area contributed by atoms with Crippen LogP contribution >= 0.6 is 0 Å². The summed E-state index contributed by atoms with van der Waals surface area (Å²) in [6, 6.07) is 21.8. The minimum absolute atomic E-state index is 0.0730. The maximum Gasteiger partial charge on any atom is 0.294 e. The lowest BCUT2D eigenvalue weighted by molar-refractivity contribution is 0.299. The number of hydrogen-bond acceptors (Lipinski definition) is 3. The zero-order valence-corrected chi connectivity index (χ0v) is 13.3. The van der Waals surface area contributed by atoms with E-state index in [1.54, 1.807) is 12.1 Å². The molecule has 0 unspecified atom stereocenters. The summed E-state index contributed by atoms with van der Waals surface area (Å²) in [4.78, 5) is -0.0730. The van der Waals surface area contributed by atoms with E-state index in [0.29, 0.717) is 0 Å². The van der Waals surface area contributed by atoms with Gasteiger partial charge in [0.05, 0.1) is 4.90 Å². The van der Waals surface area contributed by atoms with Gasteiger partial charge < -0.3 is 5.11 Å². The Kier molecular flexibility index (Phi) is 5.87. The molecule has 2 N–H and O–H groups in total. The second-order valence-electron chi connectivity index (χ2n) is 4.94. The van der Waals surface area contributed by atoms with E-state index in [0.717, 1.165) is 17.2 Å². The average molecular weight is 330 g/mol. The third-order valence-electron chi connectivity index (χ3n) is 3.26. The van der Waals surface area contributed by atoms with E-state index in [1.165, 1.54) is 17.7 Å². The molecule has 0 aliphatic rings. The third-order valence-corrected chi connectivity index (χ3v) is 4.11. The molecule has 3 aromatic carbocycles. The first kappa shape index (κ1) is 17.1. The predicted molar refractivity (Wildman–Crippen MR) is 91.0 cm³/mol. The maximum atomic E-state index is 10.8. The van der Waals surface area contributed by atoms with Crippen LogP contribution in [0.1, 0.15) is 5.56 Å². The van der Waals surface area contributed by atoms with E-state index < -0.39 is 10.1 Å². The Morgan fingerprint density at radius 2 is 1.39 bits per heavy atom. The van der Waals surface area contributed by atoms with Crippen LogP contribution in [-0.2, 0) is 16.5 Å². The monoisotopic (exact) mass is 330 g/mol. The van der Waals surface area contributed by atoms with Crippen molar-refractivity contribution in [3.05, 3.63) is 78.4 Å². The summed E-state index contributed by atoms with van der Waals surface area (Å²) in [5, 5.41) is 10.3. The van der Waals surface area contributed by atoms with Gasteiger partial charge in [-0.3, -0.25) is 4.55 Å². The van der Waals surface area contributed by atoms with Gasteiger partial charge in [0.25, 0.3) is 10.1 Å². The minimum Gasteiger partial charge on any atom is -0.396 e. The molecule has 0 saturated heterocycles. The van der Waals surface area contributed by atoms with Gasteiger partial charge in [-0.1, -0.05) is 60.7 Å². The summed E-state index contributed by atoms with van der Waals surface area (Å²) in [6.07, 6.45) is 0.765. The molecule has 23 heavy (non-hydrogen) atoms. The zero-order chi connectivity index (χ0) is 16.7. The van der Waals surface area contributed by atoms with Gasteiger partial charge in [-0.2, -0.15) is 8.42 Å². The highest BCUT2D eigenvalue weighted by atomic mass is 32.2. The molecular formula is C18H18O4S. The molecule has 120 valence electrons. The fourth-order valence-electron chi connectivity index (χ4n) is 2.10. The summed E-state index contributed by atoms with van der Waals surface area (Å²) in [5.41, 5.74) is 1.19. The molecule has 0 amide bonds. The summed E-state index contributed by atoms with van der Waals surface area (Å²) >= 11 is 0. The Hall–Kier alpha value is -2.21. The summed E-state index contributed by atoms with van der Waals surface area (Å²) in [7, 11) is -4.09. The van der Waals surface area contributed by atoms with E-state index in [4.69, 9.17) is 9.66 Å². The average Bonchev–Trinajstić information content (AvgIpc) is 2.55. The quantitative estimate of drug-likeness (QED) is 0.723. The molecule has 3 aromatic rings. The van der Waals surface area contributed by atoms with Crippen molar-refractivity contribution in [1.82, 2.24) is 0 Å². The number of hydrogen-bond donors (Lipinski definition) is 2. The van der Waals surface area contributed by atoms with E-state index in [2.05, 4.69) is 0 Å². The number of aliphatic hydroxyl groups excluding tert-OH is 1. The number of aliphatic hydroxyl groups is 1. The Balaban J connectivity index is 0.000000185. The molecule has 0 aliphatic heterocycles. The van der Waals surface area contributed by atoms with Crippen molar-refractivity contribution >= 4 is 20.9 Å². The second-order valence-corrected chi connectivity index (χ2v) is 6.36. The topological polar surface area (TPSA) is 74.6 Å². The first-order valence-electron chi connectivity index (χ1n) is 7.12. The fourth-order valence-corrected chi connectivity index (χ4v) is 2.62. The molecule has 0 bridgehead atoms. The van der Waals surface area contributed by atoms with Gasteiger partial charge in [0.15, 0.2) is 0 Å². The van der Waals surface area contributed by atoms with Crippen LogP contribution in [0.4, 0.5) is 0 Å². The summed E-state index contributed by atoms with van der Waals surface area (Å²) in [5.74, 6) is 0. The maximum absolute atomic E-state index is 10.8. The normalized spacial score (nSPS) is 10.9. The standard InChI is InChI=1S/C10H8O3S.C8H10O/c11-14(12,13)10-6-5-8-3-1-2-4-9(8)7-10;9-7-6-8-4-2-1-3-5-8/h1-7H,(H,11,12,13);1-5,9H,6-7H2. The lowest BCUT2D eigenvalue weighted by Crippen LogP contribution is -1.97. The van der Waals surface area contributed by atoms with E-state index in [1.807, 2.05) is 48.5 Å². The minimum atomic E-state index is -4.09. The van der Waals surface area contributed by atoms with Crippen LogP contribution in [0.2, 0.25) is 0 Å². The molecule has 0 spiro atoms. The molecule has 0 aromatic heterocycles. The van der Waals surface area contributed by atoms with Crippen molar-refractivity contribution < 1.29 is 18.1 Å². The number of rotatable bonds is 3. The third kappa shape index (κ3) is 5.17. The van der Waals surface area contributed by atoms with Gasteiger partial charge in [-0.05, 0) is 34.9 Å². The SMILES string of the molecule is O=S(=O)(O)c1ccc2ccccc2c1.OCCc1ccccc1. The van der Waals surface area contributed by atoms with Crippen LogP contribution in [0, 0.1) is 0 Å². The number of benzene rings is 3. The molecule has 0 heterocycles. The number of fused-ring (bicyclic) bond motifs is 1. The Morgan fingerprint density at radius 3 is 2.00 bits per heavy atom. The molecule has 0 atom stereocenters. The molecule has 0 fully saturated rings. The molecule has 4 nitrogen and oxygen atoms in total. The molecule has 3 rings (SSSR count). The second kappa shape index (κ2) is 7.87. The molecule has 0 aliphatic carbocycles. The Morgan fingerprint density at radius 1 is 0.783 bits per heavy atom. The van der Waals surface area contributed by atoms with Gasteiger partial charge in [-0.15, -0.1) is 0 Å². The summed E-state index contributed by atoms with van der Waals surface area (Å²) in [6.45, 7) is 0.240. The van der Waals surface area contributed by atoms with Crippen LogP contribution in [0.25, 0.3) is 10.8 Å². The van der Waals surface area contributed by atoms with E-state index in [-0.39, 0.29) is 11.5 Å². The van der Waals surface area contributed by atoms with E-state index in [9.17, 15) is 8.42 Å². The van der Waals surface area contributed by atoms with Crippen LogP contribution in [0.3, 0.4) is 0 Å². The zero-order valence-electron chi connectivity index (χ0n) is 12.5. The van der Waals surface area contributed by atoms with Crippen LogP contribution < -0.4 is 0 Å². The summed E-state index contributed by atoms with van der Waals surface area (Å²) < 4.78 is 30.5. The van der Waals surface area contributed by atoms with Crippen molar-refractivity contribution in [3.63, 3.8) is 0 Å². The molecule has 5 heteroatoms. The molecule has 0 saturated carbocycles. The highest BCUT2D eigenvalue weighted by Crippen LogP contribution is 2.18. The van der Waals surface area contributed by atoms with Gasteiger partial charge in [0.1, 0.15) is 0 Å². The smallest absolute Gasteiger partial charge is 0.294 e. The van der Waals surface area contributed by atoms with Crippen molar-refractivity contribution in [2.24, 2.45) is 0 Å². The van der Waals surface area contributed by atoms with E-state index >= 15 is 0 Å². The van der Waals surface area contributed by atoms with Crippen LogP contribution in [0.5, 0.6) is 0 Å². The van der Waals surface area contributed by atoms with Crippen molar-refractivity contribution in [2.75, 3.05) is 6.61 Å². The molecular weight excluding hydrogens is 312 g/mol. The van der Waals surface area contributed by atoms with Gasteiger partial charge in [0, 0.05) is 6.61 Å². The first-order chi connectivity index (χ1) is 11.0. The van der Waals surface area contributed by atoms with Gasteiger partial charge in [-0.25, -0.2) is 0 Å². The lowest BCUT2D eigenvalue weighted by Gasteiger charge is -1.99. The van der Waals surface area contributed by atoms with Crippen molar-refractivity contribution in [3.8, 4) is 0 Å². The fraction of sp³-hybridized carbons (Fsp3) is 0.111. The van der Waals surface area contributed by atoms with Crippen LogP contribution in [-0.4, -0.2) is 24.7 Å². The van der Waals surface area contributed by atoms with Crippen LogP contribution in [0.15, 0.2) is 77.7 Å². The highest BCUT2D eigenvalue weighted by molar-refractivity contribution is 7.85. The Labute approximate surface area is 135 Å².